The third-order valence-electron chi connectivity index (χ3n) is 2.38. The smallest absolute Gasteiger partial charge is 0.231 e. The first-order valence-corrected chi connectivity index (χ1v) is 5.10. The van der Waals surface area contributed by atoms with Crippen LogP contribution in [0.1, 0.15) is 0 Å². The SMILES string of the molecule is Nc1cnccc1Oc1ccc2c(c1)OCO2. The van der Waals surface area contributed by atoms with E-state index in [4.69, 9.17) is 19.9 Å². The normalized spacial score (nSPS) is 12.5. The minimum Gasteiger partial charge on any atom is -0.455 e. The summed E-state index contributed by atoms with van der Waals surface area (Å²) in [5.41, 5.74) is 6.23. The summed E-state index contributed by atoms with van der Waals surface area (Å²) in [5, 5.41) is 0. The van der Waals surface area contributed by atoms with E-state index < -0.39 is 0 Å². The summed E-state index contributed by atoms with van der Waals surface area (Å²) >= 11 is 0. The van der Waals surface area contributed by atoms with Crippen LogP contribution in [-0.2, 0) is 0 Å². The molecule has 0 bridgehead atoms. The van der Waals surface area contributed by atoms with E-state index in [1.165, 1.54) is 0 Å². The van der Waals surface area contributed by atoms with Gasteiger partial charge in [0.2, 0.25) is 6.79 Å². The lowest BCUT2D eigenvalue weighted by Gasteiger charge is -2.07. The van der Waals surface area contributed by atoms with Gasteiger partial charge in [-0.25, -0.2) is 0 Å². The first-order chi connectivity index (χ1) is 8.33. The molecular weight excluding hydrogens is 220 g/mol. The van der Waals surface area contributed by atoms with Crippen molar-refractivity contribution in [2.75, 3.05) is 12.5 Å². The van der Waals surface area contributed by atoms with Gasteiger partial charge in [-0.2, -0.15) is 0 Å². The van der Waals surface area contributed by atoms with E-state index in [0.717, 1.165) is 5.75 Å². The van der Waals surface area contributed by atoms with E-state index >= 15 is 0 Å². The summed E-state index contributed by atoms with van der Waals surface area (Å²) in [6.07, 6.45) is 3.17. The van der Waals surface area contributed by atoms with Crippen molar-refractivity contribution in [3.05, 3.63) is 36.7 Å². The first kappa shape index (κ1) is 9.77. The van der Waals surface area contributed by atoms with Crippen LogP contribution in [0.15, 0.2) is 36.7 Å². The topological polar surface area (TPSA) is 66.6 Å². The summed E-state index contributed by atoms with van der Waals surface area (Å²) in [4.78, 5) is 3.89. The molecule has 5 nitrogen and oxygen atoms in total. The maximum Gasteiger partial charge on any atom is 0.231 e. The third kappa shape index (κ3) is 1.82. The second-order valence-electron chi connectivity index (χ2n) is 3.53. The second kappa shape index (κ2) is 3.86. The zero-order valence-electron chi connectivity index (χ0n) is 8.92. The van der Waals surface area contributed by atoms with Gasteiger partial charge in [-0.1, -0.05) is 0 Å². The lowest BCUT2D eigenvalue weighted by atomic mass is 10.3. The van der Waals surface area contributed by atoms with Crippen LogP contribution in [0.3, 0.4) is 0 Å². The molecule has 3 rings (SSSR count). The zero-order chi connectivity index (χ0) is 11.7. The van der Waals surface area contributed by atoms with Gasteiger partial charge >= 0.3 is 0 Å². The van der Waals surface area contributed by atoms with E-state index in [2.05, 4.69) is 4.98 Å². The number of pyridine rings is 1. The van der Waals surface area contributed by atoms with Crippen molar-refractivity contribution >= 4 is 5.69 Å². The predicted molar refractivity (Wildman–Crippen MR) is 61.3 cm³/mol. The van der Waals surface area contributed by atoms with Crippen LogP contribution < -0.4 is 19.9 Å². The van der Waals surface area contributed by atoms with Crippen molar-refractivity contribution in [3.8, 4) is 23.0 Å². The highest BCUT2D eigenvalue weighted by Crippen LogP contribution is 2.37. The number of rotatable bonds is 2. The van der Waals surface area contributed by atoms with E-state index in [-0.39, 0.29) is 6.79 Å². The first-order valence-electron chi connectivity index (χ1n) is 5.10. The highest BCUT2D eigenvalue weighted by Gasteiger charge is 2.14. The minimum atomic E-state index is 0.246. The molecule has 1 aliphatic rings. The standard InChI is InChI=1S/C12H10N2O3/c13-9-6-14-4-3-10(9)17-8-1-2-11-12(5-8)16-7-15-11/h1-6H,7,13H2. The van der Waals surface area contributed by atoms with E-state index in [1.54, 1.807) is 36.7 Å². The summed E-state index contributed by atoms with van der Waals surface area (Å²) in [5.74, 6) is 2.61. The molecule has 0 amide bonds. The number of benzene rings is 1. The number of hydrogen-bond donors (Lipinski definition) is 1. The van der Waals surface area contributed by atoms with Crippen molar-refractivity contribution in [3.63, 3.8) is 0 Å². The van der Waals surface area contributed by atoms with Gasteiger partial charge < -0.3 is 19.9 Å². The van der Waals surface area contributed by atoms with Crippen LogP contribution in [-0.4, -0.2) is 11.8 Å². The summed E-state index contributed by atoms with van der Waals surface area (Å²) in [6, 6.07) is 7.07. The Morgan fingerprint density at radius 1 is 1.18 bits per heavy atom. The average Bonchev–Trinajstić information content (AvgIpc) is 2.79. The fraction of sp³-hybridized carbons (Fsp3) is 0.0833. The average molecular weight is 230 g/mol. The highest BCUT2D eigenvalue weighted by atomic mass is 16.7. The second-order valence-corrected chi connectivity index (χ2v) is 3.53. The molecule has 0 unspecified atom stereocenters. The summed E-state index contributed by atoms with van der Waals surface area (Å²) in [7, 11) is 0. The lowest BCUT2D eigenvalue weighted by molar-refractivity contribution is 0.174. The largest absolute Gasteiger partial charge is 0.455 e. The molecule has 1 aromatic carbocycles. The number of nitrogens with two attached hydrogens (primary N) is 1. The number of ether oxygens (including phenoxy) is 3. The Balaban J connectivity index is 1.89. The Bertz CT molecular complexity index is 557. The Labute approximate surface area is 97.7 Å². The molecule has 0 radical (unpaired) electrons. The number of hydrogen-bond acceptors (Lipinski definition) is 5. The van der Waals surface area contributed by atoms with Crippen LogP contribution >= 0.6 is 0 Å². The molecule has 86 valence electrons. The monoisotopic (exact) mass is 230 g/mol. The van der Waals surface area contributed by atoms with E-state index in [0.29, 0.717) is 22.9 Å². The molecule has 1 aromatic heterocycles. The van der Waals surface area contributed by atoms with Crippen LogP contribution in [0.5, 0.6) is 23.0 Å². The Kier molecular flexibility index (Phi) is 2.22. The van der Waals surface area contributed by atoms with Crippen LogP contribution in [0, 0.1) is 0 Å². The van der Waals surface area contributed by atoms with E-state index in [1.807, 2.05) is 0 Å². The Morgan fingerprint density at radius 2 is 2.06 bits per heavy atom. The predicted octanol–water partition coefficient (Wildman–Crippen LogP) is 2.18. The van der Waals surface area contributed by atoms with Crippen LogP contribution in [0.4, 0.5) is 5.69 Å². The van der Waals surface area contributed by atoms with Gasteiger partial charge in [-0.15, -0.1) is 0 Å². The number of nitrogens with zero attached hydrogens (tertiary/aromatic N) is 1. The molecule has 0 atom stereocenters. The summed E-state index contributed by atoms with van der Waals surface area (Å²) < 4.78 is 16.1. The number of nitrogen functional groups attached to an aromatic ring is 1. The van der Waals surface area contributed by atoms with Crippen LogP contribution in [0.25, 0.3) is 0 Å². The zero-order valence-corrected chi connectivity index (χ0v) is 8.92. The molecule has 2 N–H and O–H groups in total. The van der Waals surface area contributed by atoms with E-state index in [9.17, 15) is 0 Å². The Hall–Kier alpha value is -2.43. The van der Waals surface area contributed by atoms with Gasteiger partial charge in [0.25, 0.3) is 0 Å². The van der Waals surface area contributed by atoms with Gasteiger partial charge in [-0.05, 0) is 12.1 Å². The summed E-state index contributed by atoms with van der Waals surface area (Å²) in [6.45, 7) is 0.246. The molecule has 2 heterocycles. The molecule has 0 spiro atoms. The number of fused-ring (bicyclic) bond motifs is 1. The molecule has 17 heavy (non-hydrogen) atoms. The number of anilines is 1. The molecule has 0 saturated heterocycles. The fourth-order valence-electron chi connectivity index (χ4n) is 1.55. The van der Waals surface area contributed by atoms with Crippen molar-refractivity contribution in [1.82, 2.24) is 4.98 Å². The van der Waals surface area contributed by atoms with Gasteiger partial charge in [0, 0.05) is 18.3 Å². The maximum atomic E-state index is 5.74. The van der Waals surface area contributed by atoms with Crippen molar-refractivity contribution in [2.45, 2.75) is 0 Å². The van der Waals surface area contributed by atoms with Gasteiger partial charge in [0.15, 0.2) is 17.2 Å². The van der Waals surface area contributed by atoms with Gasteiger partial charge in [0.05, 0.1) is 11.9 Å². The minimum absolute atomic E-state index is 0.246. The molecule has 0 saturated carbocycles. The molecule has 0 aliphatic carbocycles. The lowest BCUT2D eigenvalue weighted by Crippen LogP contribution is -1.93. The van der Waals surface area contributed by atoms with Crippen molar-refractivity contribution in [1.29, 1.82) is 0 Å². The quantitative estimate of drug-likeness (QED) is 0.856. The van der Waals surface area contributed by atoms with Crippen molar-refractivity contribution in [2.24, 2.45) is 0 Å². The molecule has 0 fully saturated rings. The highest BCUT2D eigenvalue weighted by molar-refractivity contribution is 5.53. The van der Waals surface area contributed by atoms with Gasteiger partial charge in [0.1, 0.15) is 5.75 Å². The molecule has 5 heteroatoms. The van der Waals surface area contributed by atoms with Crippen molar-refractivity contribution < 1.29 is 14.2 Å². The molecule has 2 aromatic rings. The maximum absolute atomic E-state index is 5.74. The van der Waals surface area contributed by atoms with Crippen LogP contribution in [0.2, 0.25) is 0 Å². The molecule has 1 aliphatic heterocycles. The third-order valence-corrected chi connectivity index (χ3v) is 2.38. The fourth-order valence-corrected chi connectivity index (χ4v) is 1.55. The molecular formula is C12H10N2O3. The van der Waals surface area contributed by atoms with Gasteiger partial charge in [-0.3, -0.25) is 4.98 Å². The number of aromatic nitrogens is 1. The Morgan fingerprint density at radius 3 is 2.94 bits per heavy atom.